The van der Waals surface area contributed by atoms with E-state index in [0.29, 0.717) is 0 Å². The van der Waals surface area contributed by atoms with Crippen LogP contribution in [0.4, 0.5) is 0 Å². The van der Waals surface area contributed by atoms with Gasteiger partial charge >= 0.3 is 0 Å². The summed E-state index contributed by atoms with van der Waals surface area (Å²) in [5.41, 5.74) is 0. The normalized spacial score (nSPS) is 10.7. The van der Waals surface area contributed by atoms with Gasteiger partial charge in [0, 0.05) is 3.58 Å². The summed E-state index contributed by atoms with van der Waals surface area (Å²) in [6, 6.07) is 0. The van der Waals surface area contributed by atoms with Crippen molar-refractivity contribution in [2.75, 3.05) is 0 Å². The predicted molar refractivity (Wildman–Crippen MR) is 42.5 cm³/mol. The van der Waals surface area contributed by atoms with Gasteiger partial charge in [-0.1, -0.05) is 25.3 Å². The average Bonchev–Trinajstić information content (AvgIpc) is 1.68. The molecule has 0 atom stereocenters. The van der Waals surface area contributed by atoms with E-state index in [9.17, 15) is 0 Å². The Labute approximate surface area is 57.8 Å². The van der Waals surface area contributed by atoms with Gasteiger partial charge in [-0.3, -0.25) is 0 Å². The van der Waals surface area contributed by atoms with E-state index in [4.69, 9.17) is 0 Å². The molecule has 0 nitrogen and oxygen atoms in total. The molecule has 0 saturated heterocycles. The molecule has 0 aromatic rings. The van der Waals surface area contributed by atoms with Crippen LogP contribution in [-0.2, 0) is 0 Å². The fourth-order valence-corrected chi connectivity index (χ4v) is 0.435. The van der Waals surface area contributed by atoms with E-state index < -0.39 is 0 Å². The van der Waals surface area contributed by atoms with Crippen LogP contribution in [0.15, 0.2) is 35.0 Å². The Hall–Kier alpha value is -0.0500. The summed E-state index contributed by atoms with van der Waals surface area (Å²) in [7, 11) is 0. The van der Waals surface area contributed by atoms with Gasteiger partial charge in [-0.05, 0) is 28.7 Å². The maximum atomic E-state index is 3.56. The third-order valence-corrected chi connectivity index (χ3v) is 1.27. The summed E-state index contributed by atoms with van der Waals surface area (Å²) in [6.07, 6.45) is 5.42. The Morgan fingerprint density at radius 2 is 2.00 bits per heavy atom. The molecule has 1 heteroatoms. The lowest BCUT2D eigenvalue weighted by Crippen LogP contribution is -1.52. The van der Waals surface area contributed by atoms with Crippen LogP contribution in [0.3, 0.4) is 0 Å². The molecular weight excluding hydrogens is 199 g/mol. The van der Waals surface area contributed by atoms with Crippen molar-refractivity contribution >= 4 is 22.6 Å². The highest BCUT2D eigenvalue weighted by molar-refractivity contribution is 14.1. The summed E-state index contributed by atoms with van der Waals surface area (Å²) in [6.45, 7) is 7.08. The molecule has 0 fully saturated rings. The minimum Gasteiger partial charge on any atom is -0.0990 e. The van der Waals surface area contributed by atoms with Crippen LogP contribution < -0.4 is 0 Å². The topological polar surface area (TPSA) is 0 Å². The third kappa shape index (κ3) is 3.79. The van der Waals surface area contributed by atoms with Gasteiger partial charge in [0.15, 0.2) is 0 Å². The zero-order valence-electron chi connectivity index (χ0n) is 4.02. The van der Waals surface area contributed by atoms with Crippen molar-refractivity contribution in [3.63, 3.8) is 0 Å². The molecule has 0 saturated carbocycles. The second kappa shape index (κ2) is 4.12. The number of halogens is 1. The molecule has 0 rings (SSSR count). The number of allylic oxidation sites excluding steroid dienone is 4. The molecule has 0 amide bonds. The molecule has 0 aliphatic heterocycles. The molecule has 0 radical (unpaired) electrons. The van der Waals surface area contributed by atoms with Gasteiger partial charge in [0.2, 0.25) is 0 Å². The summed E-state index contributed by atoms with van der Waals surface area (Å²) < 4.78 is 1.12. The third-order valence-electron chi connectivity index (χ3n) is 0.472. The fraction of sp³-hybridized carbons (Fsp3) is 0. The minimum atomic E-state index is 1.12. The number of hydrogen-bond donors (Lipinski definition) is 0. The first-order chi connectivity index (χ1) is 3.31. The Kier molecular flexibility index (Phi) is 4.09. The van der Waals surface area contributed by atoms with Crippen LogP contribution in [0.1, 0.15) is 0 Å². The Bertz CT molecular complexity index is 101. The molecule has 0 aromatic heterocycles. The average molecular weight is 206 g/mol. The molecule has 0 aliphatic carbocycles. The van der Waals surface area contributed by atoms with Crippen molar-refractivity contribution in [1.82, 2.24) is 0 Å². The van der Waals surface area contributed by atoms with Crippen molar-refractivity contribution in [1.29, 1.82) is 0 Å². The first-order valence-electron chi connectivity index (χ1n) is 1.92. The van der Waals surface area contributed by atoms with E-state index in [1.807, 2.05) is 6.08 Å². The van der Waals surface area contributed by atoms with Crippen LogP contribution >= 0.6 is 22.6 Å². The number of rotatable bonds is 2. The van der Waals surface area contributed by atoms with E-state index in [1.54, 1.807) is 12.2 Å². The predicted octanol–water partition coefficient (Wildman–Crippen LogP) is 2.68. The highest BCUT2D eigenvalue weighted by Crippen LogP contribution is 2.04. The Morgan fingerprint density at radius 1 is 1.43 bits per heavy atom. The summed E-state index contributed by atoms with van der Waals surface area (Å²) >= 11 is 2.18. The van der Waals surface area contributed by atoms with Crippen molar-refractivity contribution in [3.8, 4) is 0 Å². The quantitative estimate of drug-likeness (QED) is 0.481. The second-order valence-corrected chi connectivity index (χ2v) is 2.24. The van der Waals surface area contributed by atoms with Crippen LogP contribution in [-0.4, -0.2) is 0 Å². The van der Waals surface area contributed by atoms with Crippen molar-refractivity contribution in [2.24, 2.45) is 0 Å². The lowest BCUT2D eigenvalue weighted by atomic mass is 10.5. The largest absolute Gasteiger partial charge is 0.0990 e. The number of hydrogen-bond acceptors (Lipinski definition) is 0. The van der Waals surface area contributed by atoms with Gasteiger partial charge in [-0.15, -0.1) is 0 Å². The molecule has 0 spiro atoms. The lowest BCUT2D eigenvalue weighted by Gasteiger charge is -1.77. The molecular formula is C6H7I. The van der Waals surface area contributed by atoms with E-state index >= 15 is 0 Å². The zero-order chi connectivity index (χ0) is 5.70. The molecule has 0 heterocycles. The van der Waals surface area contributed by atoms with E-state index in [-0.39, 0.29) is 0 Å². The SMILES string of the molecule is C=C/C=C(/I)C=C. The maximum Gasteiger partial charge on any atom is 0.0124 e. The first kappa shape index (κ1) is 6.95. The van der Waals surface area contributed by atoms with Crippen LogP contribution in [0, 0.1) is 0 Å². The first-order valence-corrected chi connectivity index (χ1v) is 2.99. The second-order valence-electron chi connectivity index (χ2n) is 0.991. The van der Waals surface area contributed by atoms with E-state index in [1.165, 1.54) is 0 Å². The highest BCUT2D eigenvalue weighted by Gasteiger charge is 1.71. The molecule has 38 valence electrons. The van der Waals surface area contributed by atoms with Gasteiger partial charge < -0.3 is 0 Å². The van der Waals surface area contributed by atoms with Gasteiger partial charge in [-0.25, -0.2) is 0 Å². The van der Waals surface area contributed by atoms with Gasteiger partial charge in [0.05, 0.1) is 0 Å². The lowest BCUT2D eigenvalue weighted by molar-refractivity contribution is 1.96. The summed E-state index contributed by atoms with van der Waals surface area (Å²) in [5.74, 6) is 0. The Balaban J connectivity index is 3.72. The van der Waals surface area contributed by atoms with Gasteiger partial charge in [-0.2, -0.15) is 0 Å². The van der Waals surface area contributed by atoms with Crippen molar-refractivity contribution in [3.05, 3.63) is 35.0 Å². The maximum absolute atomic E-state index is 3.56. The standard InChI is InChI=1S/C6H7I/c1-3-5-6(7)4-2/h3-5H,1-2H2/b6-5+. The molecule has 0 bridgehead atoms. The van der Waals surface area contributed by atoms with Crippen LogP contribution in [0.5, 0.6) is 0 Å². The summed E-state index contributed by atoms with van der Waals surface area (Å²) in [4.78, 5) is 0. The van der Waals surface area contributed by atoms with E-state index in [0.717, 1.165) is 3.58 Å². The molecule has 0 aliphatic rings. The smallest absolute Gasteiger partial charge is 0.0124 e. The molecule has 0 aromatic carbocycles. The molecule has 0 unspecified atom stereocenters. The zero-order valence-corrected chi connectivity index (χ0v) is 6.18. The molecule has 0 N–H and O–H groups in total. The van der Waals surface area contributed by atoms with Crippen molar-refractivity contribution in [2.45, 2.75) is 0 Å². The minimum absolute atomic E-state index is 1.12. The van der Waals surface area contributed by atoms with Gasteiger partial charge in [0.25, 0.3) is 0 Å². The fourth-order valence-electron chi connectivity index (χ4n) is 0.181. The molecule has 7 heavy (non-hydrogen) atoms. The monoisotopic (exact) mass is 206 g/mol. The Morgan fingerprint density at radius 3 is 2.14 bits per heavy atom. The van der Waals surface area contributed by atoms with Gasteiger partial charge in [0.1, 0.15) is 0 Å². The van der Waals surface area contributed by atoms with Crippen molar-refractivity contribution < 1.29 is 0 Å². The van der Waals surface area contributed by atoms with Crippen LogP contribution in [0.25, 0.3) is 0 Å². The highest BCUT2D eigenvalue weighted by atomic mass is 127. The summed E-state index contributed by atoms with van der Waals surface area (Å²) in [5, 5.41) is 0. The van der Waals surface area contributed by atoms with Crippen LogP contribution in [0.2, 0.25) is 0 Å². The van der Waals surface area contributed by atoms with E-state index in [2.05, 4.69) is 35.7 Å².